The fourth-order valence-corrected chi connectivity index (χ4v) is 0.701. The third-order valence-electron chi connectivity index (χ3n) is 1.37. The van der Waals surface area contributed by atoms with Gasteiger partial charge in [0.15, 0.2) is 0 Å². The lowest BCUT2D eigenvalue weighted by atomic mass is 10.5. The van der Waals surface area contributed by atoms with E-state index in [2.05, 4.69) is 6.92 Å². The standard InChI is InChI=1S/C6H9O3/c1-2-3-7-5-6(9-5)4-8-6/h2-4H2,1H3. The molecule has 0 bridgehead atoms. The van der Waals surface area contributed by atoms with Crippen LogP contribution in [0, 0.1) is 6.29 Å². The number of epoxide rings is 2. The summed E-state index contributed by atoms with van der Waals surface area (Å²) >= 11 is 0. The predicted molar refractivity (Wildman–Crippen MR) is 29.3 cm³/mol. The summed E-state index contributed by atoms with van der Waals surface area (Å²) < 4.78 is 15.1. The molecule has 2 aliphatic heterocycles. The molecule has 2 fully saturated rings. The summed E-state index contributed by atoms with van der Waals surface area (Å²) in [4.78, 5) is 0. The van der Waals surface area contributed by atoms with E-state index in [9.17, 15) is 0 Å². The first kappa shape index (κ1) is 5.65. The van der Waals surface area contributed by atoms with Gasteiger partial charge in [-0.05, 0) is 6.42 Å². The summed E-state index contributed by atoms with van der Waals surface area (Å²) in [5.41, 5.74) is 0. The van der Waals surface area contributed by atoms with Gasteiger partial charge in [-0.2, -0.15) is 0 Å². The Hall–Kier alpha value is -0.120. The maximum Gasteiger partial charge on any atom is 0.291 e. The van der Waals surface area contributed by atoms with Crippen LogP contribution in [-0.4, -0.2) is 19.0 Å². The summed E-state index contributed by atoms with van der Waals surface area (Å²) in [5.74, 6) is -0.338. The highest BCUT2D eigenvalue weighted by atomic mass is 16.9. The largest absolute Gasteiger partial charge is 0.341 e. The van der Waals surface area contributed by atoms with Gasteiger partial charge in [0.25, 0.3) is 12.1 Å². The normalized spacial score (nSPS) is 39.7. The van der Waals surface area contributed by atoms with E-state index in [1.807, 2.05) is 0 Å². The lowest BCUT2D eigenvalue weighted by Crippen LogP contribution is -1.94. The van der Waals surface area contributed by atoms with E-state index in [0.29, 0.717) is 12.9 Å². The SMILES string of the molecule is CCCO[C]1OC12CO2. The second-order valence-electron chi connectivity index (χ2n) is 2.28. The van der Waals surface area contributed by atoms with E-state index < -0.39 is 0 Å². The number of hydrogen-bond donors (Lipinski definition) is 0. The zero-order valence-electron chi connectivity index (χ0n) is 5.35. The maximum atomic E-state index is 5.15. The summed E-state index contributed by atoms with van der Waals surface area (Å²) in [5, 5.41) is 0. The Morgan fingerprint density at radius 3 is 3.00 bits per heavy atom. The van der Waals surface area contributed by atoms with Crippen LogP contribution in [0.3, 0.4) is 0 Å². The third kappa shape index (κ3) is 0.852. The van der Waals surface area contributed by atoms with Crippen molar-refractivity contribution in [2.45, 2.75) is 19.1 Å². The molecule has 0 aliphatic carbocycles. The van der Waals surface area contributed by atoms with Crippen molar-refractivity contribution < 1.29 is 14.2 Å². The molecule has 2 rings (SSSR count). The van der Waals surface area contributed by atoms with Crippen molar-refractivity contribution >= 4 is 0 Å². The van der Waals surface area contributed by atoms with Crippen LogP contribution in [0.5, 0.6) is 0 Å². The molecule has 3 nitrogen and oxygen atoms in total. The van der Waals surface area contributed by atoms with E-state index in [4.69, 9.17) is 14.2 Å². The quantitative estimate of drug-likeness (QED) is 0.525. The first-order chi connectivity index (χ1) is 4.37. The third-order valence-corrected chi connectivity index (χ3v) is 1.37. The van der Waals surface area contributed by atoms with Crippen molar-refractivity contribution in [3.63, 3.8) is 0 Å². The predicted octanol–water partition coefficient (Wildman–Crippen LogP) is 0.659. The highest BCUT2D eigenvalue weighted by Crippen LogP contribution is 2.55. The molecule has 51 valence electrons. The number of hydrogen-bond acceptors (Lipinski definition) is 3. The van der Waals surface area contributed by atoms with E-state index in [1.54, 1.807) is 0 Å². The highest BCUT2D eigenvalue weighted by molar-refractivity contribution is 5.12. The van der Waals surface area contributed by atoms with E-state index >= 15 is 0 Å². The smallest absolute Gasteiger partial charge is 0.291 e. The average molecular weight is 129 g/mol. The Kier molecular flexibility index (Phi) is 1.06. The van der Waals surface area contributed by atoms with Crippen LogP contribution in [0.15, 0.2) is 0 Å². The summed E-state index contributed by atoms with van der Waals surface area (Å²) in [6.07, 6.45) is 1.70. The van der Waals surface area contributed by atoms with Gasteiger partial charge in [-0.3, -0.25) is 0 Å². The molecule has 2 heterocycles. The minimum absolute atomic E-state index is 0.338. The Morgan fingerprint density at radius 1 is 1.78 bits per heavy atom. The van der Waals surface area contributed by atoms with Crippen molar-refractivity contribution in [2.24, 2.45) is 0 Å². The molecule has 2 saturated heterocycles. The minimum atomic E-state index is -0.338. The molecule has 0 aromatic heterocycles. The van der Waals surface area contributed by atoms with Crippen molar-refractivity contribution in [1.82, 2.24) is 0 Å². The number of ether oxygens (including phenoxy) is 3. The molecule has 0 N–H and O–H groups in total. The van der Waals surface area contributed by atoms with Crippen LogP contribution in [0.1, 0.15) is 13.3 Å². The topological polar surface area (TPSA) is 34.3 Å². The molecule has 1 atom stereocenters. The first-order valence-corrected chi connectivity index (χ1v) is 3.20. The molecule has 1 unspecified atom stereocenters. The molecule has 0 amide bonds. The van der Waals surface area contributed by atoms with Gasteiger partial charge in [0.2, 0.25) is 0 Å². The van der Waals surface area contributed by atoms with Gasteiger partial charge in [-0.1, -0.05) is 6.92 Å². The van der Waals surface area contributed by atoms with Crippen molar-refractivity contribution in [3.05, 3.63) is 6.29 Å². The van der Waals surface area contributed by atoms with Crippen molar-refractivity contribution in [3.8, 4) is 0 Å². The fourth-order valence-electron chi connectivity index (χ4n) is 0.701. The molecule has 0 aromatic carbocycles. The zero-order chi connectivity index (χ0) is 6.32. The van der Waals surface area contributed by atoms with Crippen molar-refractivity contribution in [1.29, 1.82) is 0 Å². The monoisotopic (exact) mass is 129 g/mol. The number of rotatable bonds is 3. The molecule has 0 saturated carbocycles. The Balaban J connectivity index is 1.67. The van der Waals surface area contributed by atoms with E-state index in [1.165, 1.54) is 0 Å². The summed E-state index contributed by atoms with van der Waals surface area (Å²) in [7, 11) is 0. The van der Waals surface area contributed by atoms with Crippen LogP contribution in [0.2, 0.25) is 0 Å². The average Bonchev–Trinajstić information content (AvgIpc) is 2.72. The molecule has 1 radical (unpaired) electrons. The summed E-state index contributed by atoms with van der Waals surface area (Å²) in [6.45, 7) is 3.48. The molecule has 1 spiro atoms. The van der Waals surface area contributed by atoms with Crippen LogP contribution >= 0.6 is 0 Å². The summed E-state index contributed by atoms with van der Waals surface area (Å²) in [6, 6.07) is 0. The van der Waals surface area contributed by atoms with Crippen LogP contribution in [0.4, 0.5) is 0 Å². The molecule has 2 aliphatic rings. The van der Waals surface area contributed by atoms with Gasteiger partial charge >= 0.3 is 0 Å². The zero-order valence-corrected chi connectivity index (χ0v) is 5.35. The molecular formula is C6H9O3. The van der Waals surface area contributed by atoms with Gasteiger partial charge in [0.1, 0.15) is 6.61 Å². The van der Waals surface area contributed by atoms with Crippen LogP contribution in [0.25, 0.3) is 0 Å². The van der Waals surface area contributed by atoms with E-state index in [0.717, 1.165) is 13.0 Å². The second-order valence-corrected chi connectivity index (χ2v) is 2.28. The Morgan fingerprint density at radius 2 is 2.56 bits per heavy atom. The lowest BCUT2D eigenvalue weighted by Gasteiger charge is -1.90. The molecular weight excluding hydrogens is 120 g/mol. The second kappa shape index (κ2) is 1.68. The van der Waals surface area contributed by atoms with Crippen LogP contribution < -0.4 is 0 Å². The fraction of sp³-hybridized carbons (Fsp3) is 0.833. The van der Waals surface area contributed by atoms with Gasteiger partial charge in [-0.25, -0.2) is 0 Å². The Labute approximate surface area is 53.9 Å². The maximum absolute atomic E-state index is 5.15. The van der Waals surface area contributed by atoms with Gasteiger partial charge < -0.3 is 14.2 Å². The first-order valence-electron chi connectivity index (χ1n) is 3.20. The lowest BCUT2D eigenvalue weighted by molar-refractivity contribution is 0.129. The molecule has 9 heavy (non-hydrogen) atoms. The Bertz CT molecular complexity index is 119. The molecule has 3 heteroatoms. The molecule has 0 aromatic rings. The van der Waals surface area contributed by atoms with Crippen molar-refractivity contribution in [2.75, 3.05) is 13.2 Å². The van der Waals surface area contributed by atoms with Crippen LogP contribution in [-0.2, 0) is 14.2 Å². The van der Waals surface area contributed by atoms with Gasteiger partial charge in [0.05, 0.1) is 6.61 Å². The minimum Gasteiger partial charge on any atom is -0.341 e. The highest BCUT2D eigenvalue weighted by Gasteiger charge is 2.72. The van der Waals surface area contributed by atoms with E-state index in [-0.39, 0.29) is 5.79 Å². The van der Waals surface area contributed by atoms with Gasteiger partial charge in [0, 0.05) is 0 Å². The van der Waals surface area contributed by atoms with Gasteiger partial charge in [-0.15, -0.1) is 0 Å².